The highest BCUT2D eigenvalue weighted by atomic mass is 32.1. The highest BCUT2D eigenvalue weighted by Gasteiger charge is 2.28. The number of hydrogen-bond acceptors (Lipinski definition) is 9. The van der Waals surface area contributed by atoms with Crippen LogP contribution in [0.5, 0.6) is 11.6 Å². The third kappa shape index (κ3) is 3.85. The fourth-order valence-electron chi connectivity index (χ4n) is 3.28. The van der Waals surface area contributed by atoms with E-state index in [9.17, 15) is 9.18 Å². The van der Waals surface area contributed by atoms with Crippen molar-refractivity contribution in [2.24, 2.45) is 0 Å². The predicted octanol–water partition coefficient (Wildman–Crippen LogP) is 1.68. The second-order valence-electron chi connectivity index (χ2n) is 6.63. The number of rotatable bonds is 4. The first-order chi connectivity index (χ1) is 13.5. The SMILES string of the molecule is CC(=O)Nc1nnc(N2CCN(C(C)c3nc4c(cc3F)OCCO4)CC2)s1. The third-order valence-electron chi connectivity index (χ3n) is 4.74. The number of ether oxygens (including phenoxy) is 2. The van der Waals surface area contributed by atoms with E-state index in [1.807, 2.05) is 6.92 Å². The van der Waals surface area contributed by atoms with Crippen LogP contribution in [0.4, 0.5) is 14.7 Å². The number of carbonyl (C=O) groups is 1. The van der Waals surface area contributed by atoms with Crippen LogP contribution in [0, 0.1) is 5.82 Å². The fourth-order valence-corrected chi connectivity index (χ4v) is 4.12. The normalized spacial score (nSPS) is 18.0. The Morgan fingerprint density at radius 2 is 2.00 bits per heavy atom. The average molecular weight is 408 g/mol. The largest absolute Gasteiger partial charge is 0.484 e. The van der Waals surface area contributed by atoms with Gasteiger partial charge in [0.1, 0.15) is 19.0 Å². The van der Waals surface area contributed by atoms with E-state index in [1.54, 1.807) is 0 Å². The molecule has 1 saturated heterocycles. The lowest BCUT2D eigenvalue weighted by Gasteiger charge is -2.37. The average Bonchev–Trinajstić information content (AvgIpc) is 3.15. The molecule has 0 saturated carbocycles. The Hall–Kier alpha value is -2.53. The molecule has 2 aromatic heterocycles. The molecule has 1 atom stereocenters. The molecule has 1 amide bonds. The van der Waals surface area contributed by atoms with Gasteiger partial charge in [-0.2, -0.15) is 0 Å². The summed E-state index contributed by atoms with van der Waals surface area (Å²) >= 11 is 1.34. The summed E-state index contributed by atoms with van der Waals surface area (Å²) in [5, 5.41) is 12.0. The number of piperazine rings is 1. The van der Waals surface area contributed by atoms with Crippen LogP contribution in [0.3, 0.4) is 0 Å². The quantitative estimate of drug-likeness (QED) is 0.817. The zero-order valence-electron chi connectivity index (χ0n) is 15.6. The van der Waals surface area contributed by atoms with Crippen molar-refractivity contribution in [2.75, 3.05) is 49.6 Å². The topological polar surface area (TPSA) is 92.7 Å². The molecule has 4 heterocycles. The lowest BCUT2D eigenvalue weighted by Crippen LogP contribution is -2.47. The molecule has 28 heavy (non-hydrogen) atoms. The van der Waals surface area contributed by atoms with Gasteiger partial charge in [-0.1, -0.05) is 11.3 Å². The van der Waals surface area contributed by atoms with Gasteiger partial charge in [-0.3, -0.25) is 9.69 Å². The van der Waals surface area contributed by atoms with Crippen molar-refractivity contribution in [1.29, 1.82) is 0 Å². The number of pyridine rings is 1. The Bertz CT molecular complexity index is 871. The van der Waals surface area contributed by atoms with Gasteiger partial charge in [-0.15, -0.1) is 10.2 Å². The number of aromatic nitrogens is 3. The van der Waals surface area contributed by atoms with Gasteiger partial charge in [0.25, 0.3) is 5.88 Å². The second-order valence-corrected chi connectivity index (χ2v) is 7.58. The number of nitrogens with zero attached hydrogens (tertiary/aromatic N) is 5. The van der Waals surface area contributed by atoms with Crippen molar-refractivity contribution in [2.45, 2.75) is 19.9 Å². The van der Waals surface area contributed by atoms with Crippen LogP contribution in [0.1, 0.15) is 25.6 Å². The minimum Gasteiger partial charge on any atom is -0.484 e. The van der Waals surface area contributed by atoms with E-state index in [0.29, 0.717) is 35.7 Å². The van der Waals surface area contributed by atoms with E-state index in [4.69, 9.17) is 9.47 Å². The summed E-state index contributed by atoms with van der Waals surface area (Å²) in [5.41, 5.74) is 0.363. The zero-order valence-corrected chi connectivity index (χ0v) is 16.5. The number of nitrogens with one attached hydrogen (secondary N) is 1. The van der Waals surface area contributed by atoms with Crippen LogP contribution in [-0.2, 0) is 4.79 Å². The molecule has 9 nitrogen and oxygen atoms in total. The van der Waals surface area contributed by atoms with Crippen LogP contribution >= 0.6 is 11.3 Å². The standard InChI is InChI=1S/C17H21FN6O3S/c1-10(14-12(18)9-13-15(20-14)27-8-7-26-13)23-3-5-24(6-4-23)17-22-21-16(28-17)19-11(2)25/h9-10H,3-8H2,1-2H3,(H,19,21,25). The lowest BCUT2D eigenvalue weighted by molar-refractivity contribution is -0.114. The van der Waals surface area contributed by atoms with Gasteiger partial charge in [0.2, 0.25) is 16.2 Å². The number of carbonyl (C=O) groups excluding carboxylic acids is 1. The third-order valence-corrected chi connectivity index (χ3v) is 5.64. The summed E-state index contributed by atoms with van der Waals surface area (Å²) < 4.78 is 25.4. The molecular weight excluding hydrogens is 387 g/mol. The maximum absolute atomic E-state index is 14.5. The lowest BCUT2D eigenvalue weighted by atomic mass is 10.1. The molecule has 0 aromatic carbocycles. The van der Waals surface area contributed by atoms with Crippen LogP contribution in [0.15, 0.2) is 6.07 Å². The van der Waals surface area contributed by atoms with Crippen molar-refractivity contribution in [1.82, 2.24) is 20.1 Å². The number of hydrogen-bond donors (Lipinski definition) is 1. The molecule has 0 aliphatic carbocycles. The molecule has 2 aliphatic heterocycles. The monoisotopic (exact) mass is 408 g/mol. The van der Waals surface area contributed by atoms with Gasteiger partial charge >= 0.3 is 0 Å². The van der Waals surface area contributed by atoms with Crippen molar-refractivity contribution in [3.05, 3.63) is 17.6 Å². The summed E-state index contributed by atoms with van der Waals surface area (Å²) in [5.74, 6) is 0.154. The number of amides is 1. The van der Waals surface area contributed by atoms with Gasteiger partial charge in [-0.05, 0) is 6.92 Å². The highest BCUT2D eigenvalue weighted by molar-refractivity contribution is 7.19. The first kappa shape index (κ1) is 18.8. The molecule has 1 unspecified atom stereocenters. The minimum absolute atomic E-state index is 0.171. The number of halogens is 1. The molecule has 0 bridgehead atoms. The summed E-state index contributed by atoms with van der Waals surface area (Å²) in [4.78, 5) is 19.8. The van der Waals surface area contributed by atoms with Crippen molar-refractivity contribution >= 4 is 27.5 Å². The van der Waals surface area contributed by atoms with Crippen LogP contribution < -0.4 is 19.7 Å². The molecule has 4 rings (SSSR count). The van der Waals surface area contributed by atoms with E-state index < -0.39 is 0 Å². The van der Waals surface area contributed by atoms with Gasteiger partial charge < -0.3 is 19.7 Å². The molecule has 1 fully saturated rings. The van der Waals surface area contributed by atoms with E-state index in [2.05, 4.69) is 30.3 Å². The van der Waals surface area contributed by atoms with E-state index >= 15 is 0 Å². The van der Waals surface area contributed by atoms with Crippen LogP contribution in [0.2, 0.25) is 0 Å². The Balaban J connectivity index is 1.41. The molecular formula is C17H21FN6O3S. The van der Waals surface area contributed by atoms with E-state index in [1.165, 1.54) is 24.3 Å². The zero-order chi connectivity index (χ0) is 19.7. The smallest absolute Gasteiger partial charge is 0.257 e. The fraction of sp³-hybridized carbons (Fsp3) is 0.529. The molecule has 150 valence electrons. The minimum atomic E-state index is -0.386. The maximum Gasteiger partial charge on any atom is 0.257 e. The first-order valence-corrected chi connectivity index (χ1v) is 9.89. The molecule has 11 heteroatoms. The Labute approximate surface area is 165 Å². The molecule has 0 spiro atoms. The molecule has 0 radical (unpaired) electrons. The van der Waals surface area contributed by atoms with Crippen molar-refractivity contribution in [3.63, 3.8) is 0 Å². The summed E-state index contributed by atoms with van der Waals surface area (Å²) in [6, 6.07) is 1.16. The predicted molar refractivity (Wildman–Crippen MR) is 102 cm³/mol. The van der Waals surface area contributed by atoms with Crippen LogP contribution in [0.25, 0.3) is 0 Å². The summed E-state index contributed by atoms with van der Waals surface area (Å²) in [6.07, 6.45) is 0. The molecule has 2 aromatic rings. The highest BCUT2D eigenvalue weighted by Crippen LogP contribution is 2.33. The summed E-state index contributed by atoms with van der Waals surface area (Å²) in [7, 11) is 0. The second kappa shape index (κ2) is 7.84. The number of anilines is 2. The first-order valence-electron chi connectivity index (χ1n) is 9.07. The summed E-state index contributed by atoms with van der Waals surface area (Å²) in [6.45, 7) is 7.11. The van der Waals surface area contributed by atoms with Gasteiger partial charge in [0.05, 0.1) is 11.7 Å². The van der Waals surface area contributed by atoms with Gasteiger partial charge in [0.15, 0.2) is 5.75 Å². The van der Waals surface area contributed by atoms with Gasteiger partial charge in [0, 0.05) is 39.2 Å². The maximum atomic E-state index is 14.5. The Kier molecular flexibility index (Phi) is 5.27. The van der Waals surface area contributed by atoms with E-state index in [-0.39, 0.29) is 17.8 Å². The van der Waals surface area contributed by atoms with Crippen molar-refractivity contribution in [3.8, 4) is 11.6 Å². The molecule has 1 N–H and O–H groups in total. The Morgan fingerprint density at radius 3 is 2.75 bits per heavy atom. The van der Waals surface area contributed by atoms with Crippen molar-refractivity contribution < 1.29 is 18.7 Å². The number of fused-ring (bicyclic) bond motifs is 1. The van der Waals surface area contributed by atoms with Crippen LogP contribution in [-0.4, -0.2) is 65.4 Å². The molecule has 2 aliphatic rings. The van der Waals surface area contributed by atoms with Gasteiger partial charge in [-0.25, -0.2) is 9.37 Å². The Morgan fingerprint density at radius 1 is 1.25 bits per heavy atom. The van der Waals surface area contributed by atoms with E-state index in [0.717, 1.165) is 31.3 Å².